The second-order valence-corrected chi connectivity index (χ2v) is 7.30. The Bertz CT molecular complexity index is 704. The van der Waals surface area contributed by atoms with Crippen LogP contribution in [0.1, 0.15) is 55.1 Å². The SMILES string of the molecule is CN(C)CCCNC(=O)c1nnn(C2CCCCC2)c1-c1ccccc1. The molecule has 1 aliphatic rings. The molecular formula is C20H29N5O. The molecule has 1 N–H and O–H groups in total. The number of nitrogens with one attached hydrogen (secondary N) is 1. The number of carbonyl (C=O) groups excluding carboxylic acids is 1. The Kier molecular flexibility index (Phi) is 6.39. The van der Waals surface area contributed by atoms with Gasteiger partial charge in [-0.2, -0.15) is 0 Å². The molecule has 1 heterocycles. The molecule has 0 bridgehead atoms. The van der Waals surface area contributed by atoms with E-state index in [1.54, 1.807) is 0 Å². The molecule has 1 saturated carbocycles. The summed E-state index contributed by atoms with van der Waals surface area (Å²) in [5, 5.41) is 11.7. The molecule has 2 aromatic rings. The maximum absolute atomic E-state index is 12.7. The van der Waals surface area contributed by atoms with E-state index in [-0.39, 0.29) is 5.91 Å². The van der Waals surface area contributed by atoms with Crippen molar-refractivity contribution in [2.45, 2.75) is 44.6 Å². The summed E-state index contributed by atoms with van der Waals surface area (Å²) in [6.45, 7) is 1.59. The standard InChI is InChI=1S/C20H29N5O/c1-24(2)15-9-14-21-20(26)18-19(16-10-5-3-6-11-16)25(23-22-18)17-12-7-4-8-13-17/h3,5-6,10-11,17H,4,7-9,12-15H2,1-2H3,(H,21,26). The Hall–Kier alpha value is -2.21. The smallest absolute Gasteiger partial charge is 0.274 e. The van der Waals surface area contributed by atoms with Crippen molar-refractivity contribution in [3.05, 3.63) is 36.0 Å². The first-order valence-corrected chi connectivity index (χ1v) is 9.60. The Labute approximate surface area is 155 Å². The zero-order chi connectivity index (χ0) is 18.4. The first kappa shape index (κ1) is 18.6. The average Bonchev–Trinajstić information content (AvgIpc) is 3.11. The largest absolute Gasteiger partial charge is 0.351 e. The van der Waals surface area contributed by atoms with E-state index in [0.717, 1.165) is 37.1 Å². The molecule has 1 aromatic carbocycles. The maximum Gasteiger partial charge on any atom is 0.274 e. The van der Waals surface area contributed by atoms with Crippen LogP contribution >= 0.6 is 0 Å². The van der Waals surface area contributed by atoms with Gasteiger partial charge in [-0.25, -0.2) is 4.68 Å². The summed E-state index contributed by atoms with van der Waals surface area (Å²) in [5.74, 6) is -0.135. The van der Waals surface area contributed by atoms with Gasteiger partial charge < -0.3 is 10.2 Å². The van der Waals surface area contributed by atoms with Crippen LogP contribution in [0.4, 0.5) is 0 Å². The van der Waals surface area contributed by atoms with Gasteiger partial charge in [0.1, 0.15) is 5.69 Å². The summed E-state index contributed by atoms with van der Waals surface area (Å²) in [7, 11) is 4.07. The molecule has 0 aliphatic heterocycles. The summed E-state index contributed by atoms with van der Waals surface area (Å²) in [4.78, 5) is 14.9. The van der Waals surface area contributed by atoms with Gasteiger partial charge >= 0.3 is 0 Å². The Morgan fingerprint density at radius 2 is 1.92 bits per heavy atom. The minimum Gasteiger partial charge on any atom is -0.351 e. The van der Waals surface area contributed by atoms with E-state index >= 15 is 0 Å². The third-order valence-corrected chi connectivity index (χ3v) is 4.95. The van der Waals surface area contributed by atoms with Gasteiger partial charge in [-0.15, -0.1) is 5.10 Å². The molecule has 0 spiro atoms. The molecule has 1 fully saturated rings. The van der Waals surface area contributed by atoms with Crippen LogP contribution in [-0.4, -0.2) is 53.0 Å². The van der Waals surface area contributed by atoms with Crippen LogP contribution in [0.25, 0.3) is 11.3 Å². The molecule has 0 radical (unpaired) electrons. The lowest BCUT2D eigenvalue weighted by molar-refractivity contribution is 0.0948. The van der Waals surface area contributed by atoms with E-state index in [1.807, 2.05) is 49.1 Å². The average molecular weight is 355 g/mol. The Morgan fingerprint density at radius 3 is 2.62 bits per heavy atom. The first-order valence-electron chi connectivity index (χ1n) is 9.60. The molecule has 6 nitrogen and oxygen atoms in total. The number of nitrogens with zero attached hydrogens (tertiary/aromatic N) is 4. The zero-order valence-electron chi connectivity index (χ0n) is 15.8. The minimum absolute atomic E-state index is 0.135. The lowest BCUT2D eigenvalue weighted by Crippen LogP contribution is -2.28. The highest BCUT2D eigenvalue weighted by atomic mass is 16.2. The molecule has 6 heteroatoms. The van der Waals surface area contributed by atoms with Crippen molar-refractivity contribution in [3.63, 3.8) is 0 Å². The van der Waals surface area contributed by atoms with Gasteiger partial charge in [0.2, 0.25) is 0 Å². The number of hydrogen-bond donors (Lipinski definition) is 1. The van der Waals surface area contributed by atoms with E-state index in [9.17, 15) is 4.79 Å². The van der Waals surface area contributed by atoms with Gasteiger partial charge in [0.25, 0.3) is 5.91 Å². The highest BCUT2D eigenvalue weighted by Crippen LogP contribution is 2.32. The van der Waals surface area contributed by atoms with Crippen LogP contribution in [0.15, 0.2) is 30.3 Å². The predicted molar refractivity (Wildman–Crippen MR) is 103 cm³/mol. The third-order valence-electron chi connectivity index (χ3n) is 4.95. The fourth-order valence-corrected chi connectivity index (χ4v) is 3.57. The van der Waals surface area contributed by atoms with E-state index in [0.29, 0.717) is 18.3 Å². The lowest BCUT2D eigenvalue weighted by Gasteiger charge is -2.23. The molecule has 26 heavy (non-hydrogen) atoms. The van der Waals surface area contributed by atoms with Crippen molar-refractivity contribution in [1.29, 1.82) is 0 Å². The molecule has 1 aliphatic carbocycles. The van der Waals surface area contributed by atoms with Gasteiger partial charge in [0.15, 0.2) is 5.69 Å². The molecule has 1 amide bonds. The summed E-state index contributed by atoms with van der Waals surface area (Å²) < 4.78 is 1.99. The number of rotatable bonds is 7. The Balaban J connectivity index is 1.83. The molecular weight excluding hydrogens is 326 g/mol. The van der Waals surface area contributed by atoms with Crippen molar-refractivity contribution < 1.29 is 4.79 Å². The highest BCUT2D eigenvalue weighted by Gasteiger charge is 2.26. The molecule has 0 saturated heterocycles. The van der Waals surface area contributed by atoms with Crippen molar-refractivity contribution >= 4 is 5.91 Å². The predicted octanol–water partition coefficient (Wildman–Crippen LogP) is 3.13. The van der Waals surface area contributed by atoms with E-state index in [4.69, 9.17) is 0 Å². The zero-order valence-corrected chi connectivity index (χ0v) is 15.8. The van der Waals surface area contributed by atoms with Gasteiger partial charge in [0.05, 0.1) is 6.04 Å². The van der Waals surface area contributed by atoms with Crippen LogP contribution in [0, 0.1) is 0 Å². The van der Waals surface area contributed by atoms with Crippen LogP contribution in [-0.2, 0) is 0 Å². The minimum atomic E-state index is -0.135. The van der Waals surface area contributed by atoms with Crippen LogP contribution in [0.3, 0.4) is 0 Å². The van der Waals surface area contributed by atoms with E-state index in [2.05, 4.69) is 20.5 Å². The second kappa shape index (κ2) is 8.94. The van der Waals surface area contributed by atoms with Gasteiger partial charge in [0, 0.05) is 12.1 Å². The molecule has 3 rings (SSSR count). The van der Waals surface area contributed by atoms with Crippen molar-refractivity contribution in [2.75, 3.05) is 27.2 Å². The number of aromatic nitrogens is 3. The lowest BCUT2D eigenvalue weighted by atomic mass is 9.95. The molecule has 1 aromatic heterocycles. The van der Waals surface area contributed by atoms with E-state index < -0.39 is 0 Å². The summed E-state index contributed by atoms with van der Waals surface area (Å²) in [5.41, 5.74) is 2.29. The summed E-state index contributed by atoms with van der Waals surface area (Å²) in [6, 6.07) is 10.4. The quantitative estimate of drug-likeness (QED) is 0.775. The topological polar surface area (TPSA) is 63.1 Å². The third kappa shape index (κ3) is 4.49. The maximum atomic E-state index is 12.7. The monoisotopic (exact) mass is 355 g/mol. The number of carbonyl (C=O) groups is 1. The Morgan fingerprint density at radius 1 is 1.19 bits per heavy atom. The number of benzene rings is 1. The van der Waals surface area contributed by atoms with Crippen LogP contribution in [0.2, 0.25) is 0 Å². The normalized spacial score (nSPS) is 15.3. The van der Waals surface area contributed by atoms with Gasteiger partial charge in [-0.1, -0.05) is 54.8 Å². The molecule has 0 unspecified atom stereocenters. The van der Waals surface area contributed by atoms with Gasteiger partial charge in [-0.05, 0) is 39.9 Å². The number of hydrogen-bond acceptors (Lipinski definition) is 4. The number of amides is 1. The first-order chi connectivity index (χ1) is 12.7. The highest BCUT2D eigenvalue weighted by molar-refractivity contribution is 5.98. The van der Waals surface area contributed by atoms with Crippen LogP contribution in [0.5, 0.6) is 0 Å². The molecule has 0 atom stereocenters. The fourth-order valence-electron chi connectivity index (χ4n) is 3.57. The van der Waals surface area contributed by atoms with Crippen molar-refractivity contribution in [3.8, 4) is 11.3 Å². The second-order valence-electron chi connectivity index (χ2n) is 7.30. The van der Waals surface area contributed by atoms with Crippen LogP contribution < -0.4 is 5.32 Å². The summed E-state index contributed by atoms with van der Waals surface area (Å²) >= 11 is 0. The molecule has 140 valence electrons. The van der Waals surface area contributed by atoms with Gasteiger partial charge in [-0.3, -0.25) is 4.79 Å². The fraction of sp³-hybridized carbons (Fsp3) is 0.550. The van der Waals surface area contributed by atoms with E-state index in [1.165, 1.54) is 19.3 Å². The summed E-state index contributed by atoms with van der Waals surface area (Å²) in [6.07, 6.45) is 6.83. The van der Waals surface area contributed by atoms with Crippen molar-refractivity contribution in [1.82, 2.24) is 25.2 Å². The van der Waals surface area contributed by atoms with Crippen molar-refractivity contribution in [2.24, 2.45) is 0 Å².